The molecular weight excluding hydrogens is 472 g/mol. The molecule has 4 N–H and O–H groups in total. The largest absolute Gasteiger partial charge is 0.478 e. The predicted molar refractivity (Wildman–Crippen MR) is 120 cm³/mol. The Bertz CT molecular complexity index is 975. The highest BCUT2D eigenvalue weighted by Crippen LogP contribution is 2.40. The van der Waals surface area contributed by atoms with E-state index in [1.165, 1.54) is 0 Å². The standard InChI is InChI=1S/C22H32O11S/c1-4-6-8-12-10-14(19(23)24)18(22(29)30)13(11-15(20(25)26)17(12)21(27)28)16(9-7-5-2)33-34(3,31)32/h12-13,16H,4-11H2,1-3H3,(H,23,24)(H,25,26)(H,27,28)(H,29,30)/b17-15-,18-14-. The van der Waals surface area contributed by atoms with Gasteiger partial charge in [0, 0.05) is 17.1 Å². The van der Waals surface area contributed by atoms with E-state index >= 15 is 0 Å². The van der Waals surface area contributed by atoms with Gasteiger partial charge in [-0.2, -0.15) is 8.42 Å². The molecule has 12 heteroatoms. The van der Waals surface area contributed by atoms with Crippen molar-refractivity contribution < 1.29 is 52.2 Å². The number of hydrogen-bond acceptors (Lipinski definition) is 7. The van der Waals surface area contributed by atoms with E-state index in [0.29, 0.717) is 25.7 Å². The fourth-order valence-corrected chi connectivity index (χ4v) is 5.00. The van der Waals surface area contributed by atoms with E-state index in [2.05, 4.69) is 0 Å². The van der Waals surface area contributed by atoms with Gasteiger partial charge < -0.3 is 20.4 Å². The Morgan fingerprint density at radius 2 is 1.35 bits per heavy atom. The zero-order valence-corrected chi connectivity index (χ0v) is 20.3. The van der Waals surface area contributed by atoms with Crippen molar-refractivity contribution in [3.8, 4) is 0 Å². The Balaban J connectivity index is 3.97. The predicted octanol–water partition coefficient (Wildman–Crippen LogP) is 2.67. The van der Waals surface area contributed by atoms with Gasteiger partial charge in [0.05, 0.1) is 23.5 Å². The third-order valence-corrected chi connectivity index (χ3v) is 6.37. The number of hydrogen-bond donors (Lipinski definition) is 4. The number of carboxylic acids is 4. The number of rotatable bonds is 13. The maximum atomic E-state index is 12.3. The average molecular weight is 505 g/mol. The van der Waals surface area contributed by atoms with E-state index in [1.54, 1.807) is 6.92 Å². The highest BCUT2D eigenvalue weighted by molar-refractivity contribution is 7.86. The van der Waals surface area contributed by atoms with Gasteiger partial charge in [0.2, 0.25) is 0 Å². The van der Waals surface area contributed by atoms with Crippen LogP contribution in [-0.2, 0) is 33.5 Å². The van der Waals surface area contributed by atoms with Gasteiger partial charge in [-0.25, -0.2) is 19.2 Å². The van der Waals surface area contributed by atoms with E-state index in [-0.39, 0.29) is 12.8 Å². The molecular formula is C22H32O11S. The molecule has 0 radical (unpaired) electrons. The zero-order valence-electron chi connectivity index (χ0n) is 19.4. The Kier molecular flexibility index (Phi) is 10.9. The smallest absolute Gasteiger partial charge is 0.332 e. The lowest BCUT2D eigenvalue weighted by atomic mass is 9.74. The van der Waals surface area contributed by atoms with Crippen molar-refractivity contribution in [3.63, 3.8) is 0 Å². The molecule has 1 rings (SSSR count). The fraction of sp³-hybridized carbons (Fsp3) is 0.636. The molecule has 1 aliphatic carbocycles. The van der Waals surface area contributed by atoms with Crippen LogP contribution in [0.15, 0.2) is 22.3 Å². The van der Waals surface area contributed by atoms with Crippen LogP contribution in [0.2, 0.25) is 0 Å². The summed E-state index contributed by atoms with van der Waals surface area (Å²) in [5.41, 5.74) is -2.33. The molecule has 0 aromatic carbocycles. The Morgan fingerprint density at radius 1 is 0.853 bits per heavy atom. The van der Waals surface area contributed by atoms with Crippen LogP contribution in [0, 0.1) is 11.8 Å². The minimum atomic E-state index is -4.14. The van der Waals surface area contributed by atoms with Crippen molar-refractivity contribution in [2.75, 3.05) is 6.26 Å². The average Bonchev–Trinajstić information content (AvgIpc) is 2.68. The Labute approximate surface area is 198 Å². The van der Waals surface area contributed by atoms with Crippen LogP contribution >= 0.6 is 0 Å². The molecule has 11 nitrogen and oxygen atoms in total. The van der Waals surface area contributed by atoms with E-state index < -0.39 is 87.1 Å². The van der Waals surface area contributed by atoms with E-state index in [0.717, 1.165) is 6.26 Å². The molecule has 0 bridgehead atoms. The van der Waals surface area contributed by atoms with E-state index in [4.69, 9.17) is 4.18 Å². The van der Waals surface area contributed by atoms with Gasteiger partial charge in [0.15, 0.2) is 0 Å². The van der Waals surface area contributed by atoms with Gasteiger partial charge in [0.25, 0.3) is 10.1 Å². The highest BCUT2D eigenvalue weighted by atomic mass is 32.2. The molecule has 34 heavy (non-hydrogen) atoms. The summed E-state index contributed by atoms with van der Waals surface area (Å²) in [6.07, 6.45) is 0.276. The lowest BCUT2D eigenvalue weighted by molar-refractivity contribution is -0.138. The first-order valence-corrected chi connectivity index (χ1v) is 12.8. The van der Waals surface area contributed by atoms with Gasteiger partial charge in [-0.3, -0.25) is 4.18 Å². The third-order valence-electron chi connectivity index (χ3n) is 5.78. The molecule has 0 spiro atoms. The molecule has 3 unspecified atom stereocenters. The summed E-state index contributed by atoms with van der Waals surface area (Å²) in [4.78, 5) is 48.7. The number of unbranched alkanes of at least 4 members (excludes halogenated alkanes) is 2. The summed E-state index contributed by atoms with van der Waals surface area (Å²) in [6.45, 7) is 3.61. The summed E-state index contributed by atoms with van der Waals surface area (Å²) < 4.78 is 29.0. The zero-order chi connectivity index (χ0) is 26.2. The van der Waals surface area contributed by atoms with Gasteiger partial charge >= 0.3 is 23.9 Å². The summed E-state index contributed by atoms with van der Waals surface area (Å²) >= 11 is 0. The number of carbonyl (C=O) groups is 4. The second-order valence-electron chi connectivity index (χ2n) is 8.34. The summed E-state index contributed by atoms with van der Waals surface area (Å²) in [5, 5.41) is 39.6. The SMILES string of the molecule is CCCCC1C/C(C(=O)O)=C(/C(=O)O)C(C(CCCC)OS(C)(=O)=O)C/C(C(=O)O)=C\1C(=O)O. The molecule has 0 aromatic rings. The molecule has 0 amide bonds. The molecule has 3 atom stereocenters. The maximum Gasteiger partial charge on any atom is 0.332 e. The summed E-state index contributed by atoms with van der Waals surface area (Å²) in [5.74, 6) is -8.96. The van der Waals surface area contributed by atoms with Crippen LogP contribution in [0.5, 0.6) is 0 Å². The quantitative estimate of drug-likeness (QED) is 0.269. The molecule has 1 aliphatic rings. The minimum absolute atomic E-state index is 0.00746. The molecule has 0 heterocycles. The normalized spacial score (nSPS) is 24.7. The summed E-state index contributed by atoms with van der Waals surface area (Å²) in [6, 6.07) is 0. The van der Waals surface area contributed by atoms with Crippen molar-refractivity contribution in [1.29, 1.82) is 0 Å². The topological polar surface area (TPSA) is 193 Å². The van der Waals surface area contributed by atoms with E-state index in [1.807, 2.05) is 6.92 Å². The first-order valence-electron chi connectivity index (χ1n) is 11.0. The fourth-order valence-electron chi connectivity index (χ4n) is 4.32. The number of aliphatic carboxylic acids is 4. The van der Waals surface area contributed by atoms with Crippen molar-refractivity contribution in [2.45, 2.75) is 71.3 Å². The molecule has 0 fully saturated rings. The molecule has 0 aliphatic heterocycles. The third kappa shape index (κ3) is 7.94. The Morgan fingerprint density at radius 3 is 1.76 bits per heavy atom. The van der Waals surface area contributed by atoms with Gasteiger partial charge in [-0.15, -0.1) is 0 Å². The Hall–Kier alpha value is -2.73. The first kappa shape index (κ1) is 29.3. The molecule has 0 aromatic heterocycles. The van der Waals surface area contributed by atoms with Crippen LogP contribution in [0.3, 0.4) is 0 Å². The lowest BCUT2D eigenvalue weighted by Gasteiger charge is -2.32. The van der Waals surface area contributed by atoms with Crippen LogP contribution < -0.4 is 0 Å². The molecule has 0 saturated carbocycles. The van der Waals surface area contributed by atoms with Gasteiger partial charge in [-0.1, -0.05) is 39.5 Å². The lowest BCUT2D eigenvalue weighted by Crippen LogP contribution is -2.36. The number of carboxylic acid groups (broad SMARTS) is 4. The second kappa shape index (κ2) is 12.7. The molecule has 192 valence electrons. The van der Waals surface area contributed by atoms with Crippen molar-refractivity contribution in [3.05, 3.63) is 22.3 Å². The van der Waals surface area contributed by atoms with Gasteiger partial charge in [-0.05, 0) is 31.6 Å². The van der Waals surface area contributed by atoms with E-state index in [9.17, 15) is 48.0 Å². The van der Waals surface area contributed by atoms with Crippen molar-refractivity contribution >= 4 is 34.0 Å². The molecule has 0 saturated heterocycles. The maximum absolute atomic E-state index is 12.3. The van der Waals surface area contributed by atoms with Crippen LogP contribution in [0.1, 0.15) is 65.2 Å². The van der Waals surface area contributed by atoms with Crippen LogP contribution in [-0.4, -0.2) is 65.1 Å². The first-order chi connectivity index (χ1) is 15.7. The van der Waals surface area contributed by atoms with Crippen LogP contribution in [0.25, 0.3) is 0 Å². The van der Waals surface area contributed by atoms with Crippen molar-refractivity contribution in [1.82, 2.24) is 0 Å². The highest BCUT2D eigenvalue weighted by Gasteiger charge is 2.42. The minimum Gasteiger partial charge on any atom is -0.478 e. The van der Waals surface area contributed by atoms with Crippen LogP contribution in [0.4, 0.5) is 0 Å². The second-order valence-corrected chi connectivity index (χ2v) is 9.94. The van der Waals surface area contributed by atoms with Crippen molar-refractivity contribution in [2.24, 2.45) is 11.8 Å². The summed E-state index contributed by atoms with van der Waals surface area (Å²) in [7, 11) is -4.14. The monoisotopic (exact) mass is 504 g/mol. The van der Waals surface area contributed by atoms with Gasteiger partial charge in [0.1, 0.15) is 0 Å².